The number of amides is 2. The monoisotopic (exact) mass is 370 g/mol. The number of benzene rings is 2. The maximum atomic E-state index is 12.5. The summed E-state index contributed by atoms with van der Waals surface area (Å²) in [7, 11) is 0. The lowest BCUT2D eigenvalue weighted by molar-refractivity contribution is -0.138. The highest BCUT2D eigenvalue weighted by Gasteiger charge is 2.24. The lowest BCUT2D eigenvalue weighted by Crippen LogP contribution is -2.51. The zero-order valence-corrected chi connectivity index (χ0v) is 15.7. The number of hydrogen-bond acceptors (Lipinski definition) is 2. The second-order valence-electron chi connectivity index (χ2n) is 6.67. The fraction of sp³-hybridized carbons (Fsp3) is 0.333. The molecule has 2 amide bonds. The summed E-state index contributed by atoms with van der Waals surface area (Å²) in [5.74, 6) is 0.208. The van der Waals surface area contributed by atoms with Crippen LogP contribution in [0, 0.1) is 6.92 Å². The predicted octanol–water partition coefficient (Wildman–Crippen LogP) is 3.10. The summed E-state index contributed by atoms with van der Waals surface area (Å²) < 4.78 is 0. The topological polar surface area (TPSA) is 40.6 Å². The predicted molar refractivity (Wildman–Crippen MR) is 103 cm³/mol. The summed E-state index contributed by atoms with van der Waals surface area (Å²) in [6.07, 6.45) is 0.765. The third kappa shape index (κ3) is 4.64. The van der Waals surface area contributed by atoms with E-state index in [1.54, 1.807) is 6.07 Å². The van der Waals surface area contributed by atoms with Crippen LogP contribution in [-0.2, 0) is 22.4 Å². The quantitative estimate of drug-likeness (QED) is 0.829. The Morgan fingerprint density at radius 1 is 0.885 bits per heavy atom. The van der Waals surface area contributed by atoms with E-state index in [4.69, 9.17) is 11.6 Å². The Bertz CT molecular complexity index is 798. The molecule has 1 aliphatic heterocycles. The van der Waals surface area contributed by atoms with Gasteiger partial charge < -0.3 is 9.80 Å². The van der Waals surface area contributed by atoms with Crippen molar-refractivity contribution in [1.82, 2.24) is 9.80 Å². The van der Waals surface area contributed by atoms with Crippen molar-refractivity contribution in [2.75, 3.05) is 26.2 Å². The molecule has 0 aromatic heterocycles. The fourth-order valence-electron chi connectivity index (χ4n) is 3.22. The molecule has 1 saturated heterocycles. The summed E-state index contributed by atoms with van der Waals surface area (Å²) >= 11 is 5.98. The highest BCUT2D eigenvalue weighted by atomic mass is 35.5. The highest BCUT2D eigenvalue weighted by molar-refractivity contribution is 6.30. The minimum absolute atomic E-state index is 0.0817. The van der Waals surface area contributed by atoms with Gasteiger partial charge in [-0.3, -0.25) is 9.59 Å². The zero-order chi connectivity index (χ0) is 18.5. The number of carbonyl (C=O) groups is 2. The Kier molecular flexibility index (Phi) is 5.94. The zero-order valence-electron chi connectivity index (χ0n) is 15.0. The van der Waals surface area contributed by atoms with Crippen LogP contribution < -0.4 is 0 Å². The van der Waals surface area contributed by atoms with Gasteiger partial charge in [-0.05, 0) is 35.7 Å². The van der Waals surface area contributed by atoms with Gasteiger partial charge in [0.1, 0.15) is 0 Å². The van der Waals surface area contributed by atoms with Crippen molar-refractivity contribution in [2.45, 2.75) is 19.8 Å². The van der Waals surface area contributed by atoms with Gasteiger partial charge in [-0.2, -0.15) is 0 Å². The van der Waals surface area contributed by atoms with E-state index in [1.165, 1.54) is 0 Å². The molecule has 3 rings (SSSR count). The van der Waals surface area contributed by atoms with Crippen molar-refractivity contribution in [3.63, 3.8) is 0 Å². The summed E-state index contributed by atoms with van der Waals surface area (Å²) in [5.41, 5.74) is 3.12. The van der Waals surface area contributed by atoms with E-state index in [0.29, 0.717) is 44.0 Å². The van der Waals surface area contributed by atoms with Crippen molar-refractivity contribution in [1.29, 1.82) is 0 Å². The van der Waals surface area contributed by atoms with Gasteiger partial charge in [-0.25, -0.2) is 0 Å². The number of rotatable bonds is 4. The van der Waals surface area contributed by atoms with Crippen LogP contribution in [-0.4, -0.2) is 47.8 Å². The largest absolute Gasteiger partial charge is 0.339 e. The first-order valence-electron chi connectivity index (χ1n) is 8.87. The van der Waals surface area contributed by atoms with Crippen LogP contribution in [0.3, 0.4) is 0 Å². The van der Waals surface area contributed by atoms with Gasteiger partial charge in [-0.1, -0.05) is 48.0 Å². The van der Waals surface area contributed by atoms with E-state index in [2.05, 4.69) is 0 Å². The highest BCUT2D eigenvalue weighted by Crippen LogP contribution is 2.14. The van der Waals surface area contributed by atoms with Crippen LogP contribution in [0.5, 0.6) is 0 Å². The van der Waals surface area contributed by atoms with Crippen LogP contribution in [0.4, 0.5) is 0 Å². The number of piperazine rings is 1. The molecule has 2 aromatic rings. The molecule has 0 unspecified atom stereocenters. The maximum absolute atomic E-state index is 12.5. The second-order valence-corrected chi connectivity index (χ2v) is 7.11. The van der Waals surface area contributed by atoms with Crippen LogP contribution >= 0.6 is 11.6 Å². The Morgan fingerprint density at radius 2 is 1.50 bits per heavy atom. The molecule has 0 saturated carbocycles. The second kappa shape index (κ2) is 8.37. The van der Waals surface area contributed by atoms with Crippen LogP contribution in [0.1, 0.15) is 16.7 Å². The summed E-state index contributed by atoms with van der Waals surface area (Å²) in [6.45, 7) is 4.37. The van der Waals surface area contributed by atoms with E-state index in [0.717, 1.165) is 16.7 Å². The fourth-order valence-corrected chi connectivity index (χ4v) is 3.43. The summed E-state index contributed by atoms with van der Waals surface area (Å²) in [5, 5.41) is 0.641. The standard InChI is InChI=1S/C21H23ClN2O2/c1-16-5-2-3-7-18(16)15-21(26)24-11-9-23(10-12-24)20(25)14-17-6-4-8-19(22)13-17/h2-8,13H,9-12,14-15H2,1H3. The number of halogens is 1. The van der Waals surface area contributed by atoms with Crippen LogP contribution in [0.15, 0.2) is 48.5 Å². The van der Waals surface area contributed by atoms with E-state index in [1.807, 2.05) is 59.2 Å². The molecule has 0 N–H and O–H groups in total. The van der Waals surface area contributed by atoms with Gasteiger partial charge in [0.2, 0.25) is 11.8 Å². The number of carbonyl (C=O) groups excluding carboxylic acids is 2. The molecule has 1 heterocycles. The third-order valence-corrected chi connectivity index (χ3v) is 5.07. The number of aryl methyl sites for hydroxylation is 1. The minimum Gasteiger partial charge on any atom is -0.339 e. The Hall–Kier alpha value is -2.33. The molecule has 0 radical (unpaired) electrons. The van der Waals surface area contributed by atoms with Gasteiger partial charge in [0, 0.05) is 31.2 Å². The average molecular weight is 371 g/mol. The number of nitrogens with zero attached hydrogens (tertiary/aromatic N) is 2. The van der Waals surface area contributed by atoms with Crippen LogP contribution in [0.25, 0.3) is 0 Å². The first-order valence-corrected chi connectivity index (χ1v) is 9.25. The lowest BCUT2D eigenvalue weighted by atomic mass is 10.1. The van der Waals surface area contributed by atoms with Crippen molar-refractivity contribution in [3.05, 3.63) is 70.2 Å². The van der Waals surface area contributed by atoms with Crippen molar-refractivity contribution in [2.24, 2.45) is 0 Å². The third-order valence-electron chi connectivity index (χ3n) is 4.83. The molecule has 1 aliphatic rings. The Morgan fingerprint density at radius 3 is 2.12 bits per heavy atom. The van der Waals surface area contributed by atoms with Crippen molar-refractivity contribution in [3.8, 4) is 0 Å². The lowest BCUT2D eigenvalue weighted by Gasteiger charge is -2.35. The van der Waals surface area contributed by atoms with Crippen molar-refractivity contribution < 1.29 is 9.59 Å². The molecular weight excluding hydrogens is 348 g/mol. The van der Waals surface area contributed by atoms with E-state index < -0.39 is 0 Å². The first-order chi connectivity index (χ1) is 12.5. The first kappa shape index (κ1) is 18.5. The molecule has 4 nitrogen and oxygen atoms in total. The van der Waals surface area contributed by atoms with Gasteiger partial charge >= 0.3 is 0 Å². The van der Waals surface area contributed by atoms with E-state index in [-0.39, 0.29) is 11.8 Å². The van der Waals surface area contributed by atoms with E-state index in [9.17, 15) is 9.59 Å². The van der Waals surface area contributed by atoms with Gasteiger partial charge in [0.25, 0.3) is 0 Å². The van der Waals surface area contributed by atoms with Crippen molar-refractivity contribution >= 4 is 23.4 Å². The Labute approximate surface area is 159 Å². The molecule has 5 heteroatoms. The summed E-state index contributed by atoms with van der Waals surface area (Å²) in [6, 6.07) is 15.3. The van der Waals surface area contributed by atoms with Gasteiger partial charge in [0.05, 0.1) is 12.8 Å². The van der Waals surface area contributed by atoms with Gasteiger partial charge in [0.15, 0.2) is 0 Å². The van der Waals surface area contributed by atoms with Gasteiger partial charge in [-0.15, -0.1) is 0 Å². The normalized spacial score (nSPS) is 14.4. The molecular formula is C21H23ClN2O2. The molecule has 2 aromatic carbocycles. The molecule has 0 spiro atoms. The Balaban J connectivity index is 1.51. The minimum atomic E-state index is 0.0817. The maximum Gasteiger partial charge on any atom is 0.227 e. The van der Waals surface area contributed by atoms with Crippen LogP contribution in [0.2, 0.25) is 5.02 Å². The summed E-state index contributed by atoms with van der Waals surface area (Å²) in [4.78, 5) is 28.7. The molecule has 1 fully saturated rings. The number of hydrogen-bond donors (Lipinski definition) is 0. The SMILES string of the molecule is Cc1ccccc1CC(=O)N1CCN(C(=O)Cc2cccc(Cl)c2)CC1. The molecule has 0 aliphatic carbocycles. The molecule has 0 bridgehead atoms. The molecule has 136 valence electrons. The smallest absolute Gasteiger partial charge is 0.227 e. The molecule has 0 atom stereocenters. The average Bonchev–Trinajstić information content (AvgIpc) is 2.64. The van der Waals surface area contributed by atoms with E-state index >= 15 is 0 Å². The molecule has 26 heavy (non-hydrogen) atoms.